The first-order valence-electron chi connectivity index (χ1n) is 9.06. The molecule has 3 nitrogen and oxygen atoms in total. The van der Waals surface area contributed by atoms with E-state index in [2.05, 4.69) is 17.5 Å². The number of nitriles is 1. The van der Waals surface area contributed by atoms with Gasteiger partial charge in [0.25, 0.3) is 5.91 Å². The number of nitrogens with one attached hydrogen (secondary N) is 1. The van der Waals surface area contributed by atoms with E-state index in [-0.39, 0.29) is 5.57 Å². The molecule has 3 heteroatoms. The van der Waals surface area contributed by atoms with Crippen LogP contribution in [-0.4, -0.2) is 5.91 Å². The number of nitrogens with zero attached hydrogens (tertiary/aromatic N) is 1. The summed E-state index contributed by atoms with van der Waals surface area (Å²) in [6, 6.07) is 27.7. The Labute approximate surface area is 163 Å². The van der Waals surface area contributed by atoms with Gasteiger partial charge in [-0.3, -0.25) is 4.79 Å². The summed E-state index contributed by atoms with van der Waals surface area (Å²) in [6.45, 7) is 1.96. The SMILES string of the molecule is Cc1cccc(NC(=O)/C(C#N)=C/c2c3ccccc3cc3ccccc23)c1. The molecule has 134 valence electrons. The van der Waals surface area contributed by atoms with Crippen LogP contribution in [0.5, 0.6) is 0 Å². The average molecular weight is 362 g/mol. The third kappa shape index (κ3) is 3.36. The van der Waals surface area contributed by atoms with Crippen LogP contribution >= 0.6 is 0 Å². The number of carbonyl (C=O) groups is 1. The van der Waals surface area contributed by atoms with Gasteiger partial charge in [-0.05, 0) is 63.9 Å². The fraction of sp³-hybridized carbons (Fsp3) is 0.0400. The summed E-state index contributed by atoms with van der Waals surface area (Å²) in [5.74, 6) is -0.412. The summed E-state index contributed by atoms with van der Waals surface area (Å²) in [5, 5.41) is 16.6. The Kier molecular flexibility index (Phi) is 4.62. The number of aryl methyl sites for hydroxylation is 1. The number of hydrogen-bond acceptors (Lipinski definition) is 2. The first-order valence-corrected chi connectivity index (χ1v) is 9.06. The molecule has 0 saturated heterocycles. The van der Waals surface area contributed by atoms with E-state index >= 15 is 0 Å². The molecular weight excluding hydrogens is 344 g/mol. The number of amides is 1. The zero-order valence-corrected chi connectivity index (χ0v) is 15.4. The van der Waals surface area contributed by atoms with Crippen LogP contribution in [0.15, 0.2) is 84.4 Å². The van der Waals surface area contributed by atoms with Gasteiger partial charge in [-0.1, -0.05) is 60.7 Å². The van der Waals surface area contributed by atoms with Crippen LogP contribution in [-0.2, 0) is 4.79 Å². The highest BCUT2D eigenvalue weighted by atomic mass is 16.1. The summed E-state index contributed by atoms with van der Waals surface area (Å²) in [4.78, 5) is 12.7. The highest BCUT2D eigenvalue weighted by molar-refractivity contribution is 6.14. The number of benzene rings is 4. The van der Waals surface area contributed by atoms with E-state index in [9.17, 15) is 10.1 Å². The highest BCUT2D eigenvalue weighted by Gasteiger charge is 2.12. The third-order valence-corrected chi connectivity index (χ3v) is 4.74. The largest absolute Gasteiger partial charge is 0.321 e. The van der Waals surface area contributed by atoms with Crippen molar-refractivity contribution in [3.63, 3.8) is 0 Å². The summed E-state index contributed by atoms with van der Waals surface area (Å²) >= 11 is 0. The fourth-order valence-corrected chi connectivity index (χ4v) is 3.42. The smallest absolute Gasteiger partial charge is 0.266 e. The van der Waals surface area contributed by atoms with E-state index in [4.69, 9.17) is 0 Å². The first-order chi connectivity index (χ1) is 13.7. The van der Waals surface area contributed by atoms with Crippen molar-refractivity contribution in [2.24, 2.45) is 0 Å². The van der Waals surface area contributed by atoms with Crippen LogP contribution in [0.25, 0.3) is 27.6 Å². The van der Waals surface area contributed by atoms with Crippen LogP contribution < -0.4 is 5.32 Å². The minimum atomic E-state index is -0.412. The molecule has 0 aromatic heterocycles. The number of rotatable bonds is 3. The molecule has 4 rings (SSSR count). The average Bonchev–Trinajstić information content (AvgIpc) is 2.71. The van der Waals surface area contributed by atoms with Crippen LogP contribution in [0, 0.1) is 18.3 Å². The third-order valence-electron chi connectivity index (χ3n) is 4.74. The van der Waals surface area contributed by atoms with Crippen molar-refractivity contribution in [2.75, 3.05) is 5.32 Å². The second-order valence-electron chi connectivity index (χ2n) is 6.73. The molecule has 1 amide bonds. The number of carbonyl (C=O) groups excluding carboxylic acids is 1. The molecule has 0 saturated carbocycles. The summed E-state index contributed by atoms with van der Waals surface area (Å²) in [7, 11) is 0. The molecule has 0 fully saturated rings. The molecule has 0 atom stereocenters. The van der Waals surface area contributed by atoms with Crippen LogP contribution in [0.3, 0.4) is 0 Å². The quantitative estimate of drug-likeness (QED) is 0.282. The Morgan fingerprint density at radius 1 is 0.893 bits per heavy atom. The molecule has 0 spiro atoms. The van der Waals surface area contributed by atoms with Crippen molar-refractivity contribution in [3.05, 3.63) is 95.6 Å². The van der Waals surface area contributed by atoms with Gasteiger partial charge in [0.2, 0.25) is 0 Å². The Hall–Kier alpha value is -3.90. The molecule has 1 N–H and O–H groups in total. The number of fused-ring (bicyclic) bond motifs is 2. The topological polar surface area (TPSA) is 52.9 Å². The van der Waals surface area contributed by atoms with Crippen molar-refractivity contribution in [2.45, 2.75) is 6.92 Å². The molecule has 0 aliphatic carbocycles. The predicted molar refractivity (Wildman–Crippen MR) is 115 cm³/mol. The van der Waals surface area contributed by atoms with E-state index < -0.39 is 5.91 Å². The zero-order valence-electron chi connectivity index (χ0n) is 15.4. The van der Waals surface area contributed by atoms with Gasteiger partial charge < -0.3 is 5.32 Å². The molecule has 0 bridgehead atoms. The van der Waals surface area contributed by atoms with Gasteiger partial charge in [0, 0.05) is 5.69 Å². The predicted octanol–water partition coefficient (Wildman–Crippen LogP) is 5.85. The van der Waals surface area contributed by atoms with Crippen molar-refractivity contribution in [3.8, 4) is 6.07 Å². The van der Waals surface area contributed by atoms with Gasteiger partial charge in [0.15, 0.2) is 0 Å². The molecule has 0 aliphatic heterocycles. The number of anilines is 1. The lowest BCUT2D eigenvalue weighted by molar-refractivity contribution is -0.112. The molecule has 0 aliphatic rings. The molecule has 4 aromatic rings. The summed E-state index contributed by atoms with van der Waals surface area (Å²) < 4.78 is 0. The Balaban J connectivity index is 1.84. The van der Waals surface area contributed by atoms with Gasteiger partial charge in [-0.25, -0.2) is 0 Å². The van der Waals surface area contributed by atoms with Crippen molar-refractivity contribution < 1.29 is 4.79 Å². The Bertz CT molecular complexity index is 1220. The Morgan fingerprint density at radius 2 is 1.54 bits per heavy atom. The van der Waals surface area contributed by atoms with Gasteiger partial charge in [0.1, 0.15) is 11.6 Å². The van der Waals surface area contributed by atoms with Gasteiger partial charge in [-0.2, -0.15) is 5.26 Å². The fourth-order valence-electron chi connectivity index (χ4n) is 3.42. The second kappa shape index (κ2) is 7.38. The van der Waals surface area contributed by atoms with E-state index in [0.717, 1.165) is 32.7 Å². The molecule has 4 aromatic carbocycles. The van der Waals surface area contributed by atoms with E-state index in [1.807, 2.05) is 79.7 Å². The molecule has 0 heterocycles. The minimum Gasteiger partial charge on any atom is -0.321 e. The highest BCUT2D eigenvalue weighted by Crippen LogP contribution is 2.30. The molecule has 28 heavy (non-hydrogen) atoms. The minimum absolute atomic E-state index is 0.0722. The van der Waals surface area contributed by atoms with E-state index in [1.54, 1.807) is 6.08 Å². The molecule has 0 radical (unpaired) electrons. The van der Waals surface area contributed by atoms with Gasteiger partial charge >= 0.3 is 0 Å². The molecule has 0 unspecified atom stereocenters. The van der Waals surface area contributed by atoms with Gasteiger partial charge in [-0.15, -0.1) is 0 Å². The zero-order chi connectivity index (χ0) is 19.5. The van der Waals surface area contributed by atoms with Crippen molar-refractivity contribution in [1.82, 2.24) is 0 Å². The lowest BCUT2D eigenvalue weighted by Crippen LogP contribution is -2.13. The Morgan fingerprint density at radius 3 is 2.14 bits per heavy atom. The first kappa shape index (κ1) is 17.5. The maximum absolute atomic E-state index is 12.7. The number of hydrogen-bond donors (Lipinski definition) is 1. The van der Waals surface area contributed by atoms with Crippen molar-refractivity contribution >= 4 is 39.2 Å². The standard InChI is InChI=1S/C25H18N2O/c1-17-7-6-10-21(13-17)27-25(28)20(16-26)15-24-22-11-4-2-8-18(22)14-19-9-3-5-12-23(19)24/h2-15H,1H3,(H,27,28)/b20-15+. The lowest BCUT2D eigenvalue weighted by Gasteiger charge is -2.10. The normalized spacial score (nSPS) is 11.4. The monoisotopic (exact) mass is 362 g/mol. The second-order valence-corrected chi connectivity index (χ2v) is 6.73. The van der Waals surface area contributed by atoms with Crippen molar-refractivity contribution in [1.29, 1.82) is 5.26 Å². The van der Waals surface area contributed by atoms with Gasteiger partial charge in [0.05, 0.1) is 0 Å². The van der Waals surface area contributed by atoms with E-state index in [0.29, 0.717) is 5.69 Å². The van der Waals surface area contributed by atoms with Crippen LogP contribution in [0.4, 0.5) is 5.69 Å². The maximum atomic E-state index is 12.7. The summed E-state index contributed by atoms with van der Waals surface area (Å²) in [6.07, 6.45) is 1.69. The lowest BCUT2D eigenvalue weighted by atomic mass is 9.95. The maximum Gasteiger partial charge on any atom is 0.266 e. The van der Waals surface area contributed by atoms with Crippen LogP contribution in [0.1, 0.15) is 11.1 Å². The van der Waals surface area contributed by atoms with E-state index in [1.165, 1.54) is 0 Å². The van der Waals surface area contributed by atoms with Crippen LogP contribution in [0.2, 0.25) is 0 Å². The summed E-state index contributed by atoms with van der Waals surface area (Å²) in [5.41, 5.74) is 2.67. The molecular formula is C25H18N2O.